The van der Waals surface area contributed by atoms with Crippen LogP contribution in [0.2, 0.25) is 0 Å². The Morgan fingerprint density at radius 3 is 1.94 bits per heavy atom. The standard InChI is InChI=1S/C15H5Br2F7N2O4S/c16-6-3-9(17)12(8-2-1-7(25(27)28)5-10(8)26(29)30)11(4-6)31-15(23,24)13(18,19)14(20,21)22/h1-5H. The van der Waals surface area contributed by atoms with E-state index in [0.717, 1.165) is 18.2 Å². The molecule has 0 amide bonds. The van der Waals surface area contributed by atoms with Crippen molar-refractivity contribution in [1.29, 1.82) is 0 Å². The van der Waals surface area contributed by atoms with Crippen LogP contribution in [0.1, 0.15) is 0 Å². The molecule has 6 nitrogen and oxygen atoms in total. The SMILES string of the molecule is O=[N+]([O-])c1ccc(-c2c(Br)cc(Br)cc2SC(F)(F)C(F)(F)C(F)(F)F)c([N+](=O)[O-])c1. The highest BCUT2D eigenvalue weighted by Gasteiger charge is 2.73. The van der Waals surface area contributed by atoms with Gasteiger partial charge < -0.3 is 0 Å². The average molecular weight is 602 g/mol. The Bertz CT molecular complexity index is 1070. The number of halogens is 9. The highest BCUT2D eigenvalue weighted by Crippen LogP contribution is 2.56. The van der Waals surface area contributed by atoms with E-state index < -0.39 is 66.4 Å². The van der Waals surface area contributed by atoms with E-state index in [1.165, 1.54) is 6.07 Å². The van der Waals surface area contributed by atoms with Gasteiger partial charge in [-0.25, -0.2) is 0 Å². The largest absolute Gasteiger partial charge is 0.460 e. The molecule has 0 fully saturated rings. The van der Waals surface area contributed by atoms with E-state index in [4.69, 9.17) is 0 Å². The third-order valence-electron chi connectivity index (χ3n) is 3.64. The summed E-state index contributed by atoms with van der Waals surface area (Å²) in [6.07, 6.45) is -6.58. The highest BCUT2D eigenvalue weighted by atomic mass is 79.9. The minimum atomic E-state index is -6.58. The molecule has 2 rings (SSSR count). The fourth-order valence-corrected chi connectivity index (χ4v) is 5.00. The molecule has 0 aliphatic carbocycles. The highest BCUT2D eigenvalue weighted by molar-refractivity contribution is 9.11. The number of thioether (sulfide) groups is 1. The van der Waals surface area contributed by atoms with Gasteiger partial charge in [0.25, 0.3) is 11.4 Å². The minimum Gasteiger partial charge on any atom is -0.258 e. The number of non-ortho nitro benzene ring substituents is 1. The third-order valence-corrected chi connectivity index (χ3v) is 5.77. The number of alkyl halides is 7. The second-order valence-corrected chi connectivity index (χ2v) is 8.59. The van der Waals surface area contributed by atoms with Gasteiger partial charge in [-0.2, -0.15) is 30.7 Å². The molecular weight excluding hydrogens is 597 g/mol. The van der Waals surface area contributed by atoms with Gasteiger partial charge in [0.05, 0.1) is 21.5 Å². The van der Waals surface area contributed by atoms with Crippen molar-refractivity contribution < 1.29 is 40.6 Å². The van der Waals surface area contributed by atoms with Crippen LogP contribution in [-0.2, 0) is 0 Å². The first kappa shape index (κ1) is 25.3. The molecule has 0 unspecified atom stereocenters. The first-order valence-electron chi connectivity index (χ1n) is 7.43. The van der Waals surface area contributed by atoms with Crippen molar-refractivity contribution >= 4 is 55.0 Å². The van der Waals surface area contributed by atoms with Gasteiger partial charge in [-0.3, -0.25) is 20.2 Å². The van der Waals surface area contributed by atoms with E-state index >= 15 is 0 Å². The summed E-state index contributed by atoms with van der Waals surface area (Å²) in [5.74, 6) is -6.43. The number of benzene rings is 2. The molecule has 0 aromatic heterocycles. The first-order chi connectivity index (χ1) is 14.0. The van der Waals surface area contributed by atoms with Crippen molar-refractivity contribution in [3.05, 3.63) is 59.5 Å². The molecule has 0 bridgehead atoms. The first-order valence-corrected chi connectivity index (χ1v) is 9.83. The fraction of sp³-hybridized carbons (Fsp3) is 0.200. The van der Waals surface area contributed by atoms with Crippen LogP contribution in [0.5, 0.6) is 0 Å². The summed E-state index contributed by atoms with van der Waals surface area (Å²) in [5, 5.41) is 16.5. The van der Waals surface area contributed by atoms with Gasteiger partial charge in [-0.05, 0) is 30.0 Å². The van der Waals surface area contributed by atoms with Gasteiger partial charge in [0.2, 0.25) is 0 Å². The average Bonchev–Trinajstić information content (AvgIpc) is 2.59. The van der Waals surface area contributed by atoms with Gasteiger partial charge in [-0.1, -0.05) is 31.9 Å². The van der Waals surface area contributed by atoms with E-state index in [9.17, 15) is 51.0 Å². The van der Waals surface area contributed by atoms with Gasteiger partial charge in [0.15, 0.2) is 0 Å². The number of nitrogens with zero attached hydrogens (tertiary/aromatic N) is 2. The van der Waals surface area contributed by atoms with Gasteiger partial charge >= 0.3 is 17.4 Å². The van der Waals surface area contributed by atoms with E-state index in [1.807, 2.05) is 0 Å². The molecule has 0 atom stereocenters. The number of nitro groups is 2. The van der Waals surface area contributed by atoms with Gasteiger partial charge in [0.1, 0.15) is 0 Å². The molecule has 2 aromatic rings. The molecule has 0 saturated carbocycles. The normalized spacial score (nSPS) is 12.7. The molecule has 0 spiro atoms. The maximum absolute atomic E-state index is 14.0. The molecule has 16 heteroatoms. The number of hydrogen-bond acceptors (Lipinski definition) is 5. The quantitative estimate of drug-likeness (QED) is 0.147. The van der Waals surface area contributed by atoms with Crippen molar-refractivity contribution in [2.75, 3.05) is 0 Å². The van der Waals surface area contributed by atoms with Crippen molar-refractivity contribution in [3.63, 3.8) is 0 Å². The summed E-state index contributed by atoms with van der Waals surface area (Å²) in [4.78, 5) is 19.3. The Balaban J connectivity index is 2.76. The van der Waals surface area contributed by atoms with E-state index in [2.05, 4.69) is 31.9 Å². The summed E-state index contributed by atoms with van der Waals surface area (Å²) < 4.78 is 92.0. The predicted octanol–water partition coefficient (Wildman–Crippen LogP) is 7.58. The molecule has 0 saturated heterocycles. The second-order valence-electron chi connectivity index (χ2n) is 5.67. The monoisotopic (exact) mass is 600 g/mol. The van der Waals surface area contributed by atoms with Gasteiger partial charge in [-0.15, -0.1) is 0 Å². The summed E-state index contributed by atoms with van der Waals surface area (Å²) in [7, 11) is 0. The van der Waals surface area contributed by atoms with Crippen LogP contribution in [0, 0.1) is 20.2 Å². The molecule has 31 heavy (non-hydrogen) atoms. The van der Waals surface area contributed by atoms with Crippen LogP contribution < -0.4 is 0 Å². The van der Waals surface area contributed by atoms with E-state index in [0.29, 0.717) is 6.07 Å². The van der Waals surface area contributed by atoms with Crippen molar-refractivity contribution in [1.82, 2.24) is 0 Å². The Morgan fingerprint density at radius 1 is 0.871 bits per heavy atom. The molecule has 0 radical (unpaired) electrons. The number of hydrogen-bond donors (Lipinski definition) is 0. The summed E-state index contributed by atoms with van der Waals surface area (Å²) in [6, 6.07) is 4.02. The molecule has 0 aliphatic heterocycles. The molecule has 0 aliphatic rings. The Labute approximate surface area is 188 Å². The lowest BCUT2D eigenvalue weighted by Gasteiger charge is -2.28. The van der Waals surface area contributed by atoms with E-state index in [-0.39, 0.29) is 8.95 Å². The van der Waals surface area contributed by atoms with Crippen molar-refractivity contribution in [3.8, 4) is 11.1 Å². The zero-order chi connectivity index (χ0) is 23.9. The maximum atomic E-state index is 14.0. The molecule has 0 N–H and O–H groups in total. The Kier molecular flexibility index (Phi) is 6.97. The Morgan fingerprint density at radius 2 is 1.45 bits per heavy atom. The lowest BCUT2D eigenvalue weighted by molar-refractivity contribution is -0.393. The topological polar surface area (TPSA) is 86.3 Å². The van der Waals surface area contributed by atoms with Crippen molar-refractivity contribution in [2.45, 2.75) is 22.2 Å². The van der Waals surface area contributed by atoms with E-state index in [1.54, 1.807) is 0 Å². The number of nitro benzene ring substituents is 2. The summed E-state index contributed by atoms with van der Waals surface area (Å²) >= 11 is 4.62. The van der Waals surface area contributed by atoms with Crippen LogP contribution in [0.3, 0.4) is 0 Å². The zero-order valence-corrected chi connectivity index (χ0v) is 18.2. The fourth-order valence-electron chi connectivity index (χ4n) is 2.26. The molecule has 168 valence electrons. The maximum Gasteiger partial charge on any atom is 0.460 e. The summed E-state index contributed by atoms with van der Waals surface area (Å²) in [6.45, 7) is 0. The van der Waals surface area contributed by atoms with Crippen LogP contribution in [-0.4, -0.2) is 27.2 Å². The number of rotatable bonds is 6. The minimum absolute atomic E-state index is 0.0266. The lowest BCUT2D eigenvalue weighted by atomic mass is 10.0. The molecule has 2 aromatic carbocycles. The second kappa shape index (κ2) is 8.54. The molecule has 0 heterocycles. The molecular formula is C15H5Br2F7N2O4S. The van der Waals surface area contributed by atoms with Gasteiger partial charge in [0, 0.05) is 25.5 Å². The zero-order valence-electron chi connectivity index (χ0n) is 14.2. The smallest absolute Gasteiger partial charge is 0.258 e. The van der Waals surface area contributed by atoms with Crippen LogP contribution in [0.25, 0.3) is 11.1 Å². The Hall–Kier alpha value is -1.94. The van der Waals surface area contributed by atoms with Crippen LogP contribution >= 0.6 is 43.6 Å². The van der Waals surface area contributed by atoms with Crippen LogP contribution in [0.4, 0.5) is 42.1 Å². The summed E-state index contributed by atoms with van der Waals surface area (Å²) in [5.41, 5.74) is -2.74. The third kappa shape index (κ3) is 4.95. The lowest BCUT2D eigenvalue weighted by Crippen LogP contribution is -2.49. The van der Waals surface area contributed by atoms with Crippen molar-refractivity contribution in [2.24, 2.45) is 0 Å². The van der Waals surface area contributed by atoms with Crippen LogP contribution in [0.15, 0.2) is 44.2 Å². The predicted molar refractivity (Wildman–Crippen MR) is 102 cm³/mol.